The van der Waals surface area contributed by atoms with Gasteiger partial charge in [-0.2, -0.15) is 12.6 Å². The summed E-state index contributed by atoms with van der Waals surface area (Å²) in [6.45, 7) is 1.83. The predicted molar refractivity (Wildman–Crippen MR) is 63.1 cm³/mol. The van der Waals surface area contributed by atoms with E-state index in [0.29, 0.717) is 10.8 Å². The van der Waals surface area contributed by atoms with Gasteiger partial charge < -0.3 is 5.32 Å². The fourth-order valence-corrected chi connectivity index (χ4v) is 1.17. The van der Waals surface area contributed by atoms with E-state index in [1.54, 1.807) is 24.3 Å². The number of hydrogen-bond donors (Lipinski definition) is 2. The number of thiol groups is 1. The average Bonchev–Trinajstić information content (AvgIpc) is 2.20. The van der Waals surface area contributed by atoms with Crippen LogP contribution in [0.1, 0.15) is 6.92 Å². The van der Waals surface area contributed by atoms with Gasteiger partial charge in [0.1, 0.15) is 0 Å². The molecule has 1 aromatic carbocycles. The lowest BCUT2D eigenvalue weighted by molar-refractivity contribution is -0.118. The molecule has 1 rings (SSSR count). The first-order chi connectivity index (χ1) is 6.63. The van der Waals surface area contributed by atoms with Crippen LogP contribution < -0.4 is 5.32 Å². The number of nitrogens with one attached hydrogen (secondary N) is 1. The number of hydrogen-bond acceptors (Lipinski definition) is 2. The molecule has 0 heterocycles. The molecule has 1 N–H and O–H groups in total. The van der Waals surface area contributed by atoms with Gasteiger partial charge in [0.05, 0.1) is 0 Å². The molecule has 0 aliphatic carbocycles. The summed E-state index contributed by atoms with van der Waals surface area (Å²) >= 11 is 9.77. The summed E-state index contributed by atoms with van der Waals surface area (Å²) in [6, 6.07) is 7.02. The van der Waals surface area contributed by atoms with Crippen molar-refractivity contribution in [3.63, 3.8) is 0 Å². The van der Waals surface area contributed by atoms with Gasteiger partial charge in [0.15, 0.2) is 0 Å². The Morgan fingerprint density at radius 1 is 1.50 bits per heavy atom. The Bertz CT molecular complexity index is 312. The smallest absolute Gasteiger partial charge is 0.228 e. The van der Waals surface area contributed by atoms with Gasteiger partial charge in [0.25, 0.3) is 0 Å². The van der Waals surface area contributed by atoms with Crippen molar-refractivity contribution in [2.45, 2.75) is 6.92 Å². The van der Waals surface area contributed by atoms with Crippen LogP contribution in [0.4, 0.5) is 5.69 Å². The van der Waals surface area contributed by atoms with Crippen molar-refractivity contribution in [1.29, 1.82) is 0 Å². The van der Waals surface area contributed by atoms with E-state index in [1.165, 1.54) is 0 Å². The van der Waals surface area contributed by atoms with E-state index < -0.39 is 0 Å². The number of rotatable bonds is 3. The maximum Gasteiger partial charge on any atom is 0.228 e. The molecule has 2 nitrogen and oxygen atoms in total. The van der Waals surface area contributed by atoms with E-state index in [1.807, 2.05) is 6.92 Å². The Morgan fingerprint density at radius 3 is 2.57 bits per heavy atom. The van der Waals surface area contributed by atoms with Crippen LogP contribution in [0.3, 0.4) is 0 Å². The van der Waals surface area contributed by atoms with Gasteiger partial charge in [-0.1, -0.05) is 18.5 Å². The summed E-state index contributed by atoms with van der Waals surface area (Å²) < 4.78 is 0. The standard InChI is InChI=1S/C10H12ClNOS/c1-7(6-14)10(13)12-9-4-2-8(11)3-5-9/h2-5,7,14H,6H2,1H3,(H,12,13)/t7-/m0/s1. The highest BCUT2D eigenvalue weighted by molar-refractivity contribution is 7.80. The van der Waals surface area contributed by atoms with Crippen LogP contribution in [0.5, 0.6) is 0 Å². The molecule has 0 aliphatic rings. The van der Waals surface area contributed by atoms with Gasteiger partial charge in [-0.25, -0.2) is 0 Å². The Hall–Kier alpha value is -0.670. The van der Waals surface area contributed by atoms with Gasteiger partial charge in [-0.3, -0.25) is 4.79 Å². The van der Waals surface area contributed by atoms with Crippen LogP contribution >= 0.6 is 24.2 Å². The molecular weight excluding hydrogens is 218 g/mol. The van der Waals surface area contributed by atoms with E-state index in [9.17, 15) is 4.79 Å². The summed E-state index contributed by atoms with van der Waals surface area (Å²) in [5.74, 6) is 0.427. The molecule has 0 aliphatic heterocycles. The minimum absolute atomic E-state index is 0.0256. The third-order valence-electron chi connectivity index (χ3n) is 1.83. The molecule has 1 amide bonds. The second kappa shape index (κ2) is 5.27. The lowest BCUT2D eigenvalue weighted by Gasteiger charge is -2.09. The first-order valence-electron chi connectivity index (χ1n) is 4.30. The normalized spacial score (nSPS) is 12.2. The molecule has 1 atom stereocenters. The van der Waals surface area contributed by atoms with E-state index >= 15 is 0 Å². The van der Waals surface area contributed by atoms with E-state index in [4.69, 9.17) is 11.6 Å². The highest BCUT2D eigenvalue weighted by Crippen LogP contribution is 2.14. The van der Waals surface area contributed by atoms with Crippen molar-refractivity contribution in [2.75, 3.05) is 11.1 Å². The highest BCUT2D eigenvalue weighted by atomic mass is 35.5. The van der Waals surface area contributed by atoms with Crippen molar-refractivity contribution < 1.29 is 4.79 Å². The zero-order chi connectivity index (χ0) is 10.6. The molecule has 0 unspecified atom stereocenters. The quantitative estimate of drug-likeness (QED) is 0.767. The molecule has 0 aromatic heterocycles. The molecule has 0 saturated carbocycles. The lowest BCUT2D eigenvalue weighted by Crippen LogP contribution is -2.21. The van der Waals surface area contributed by atoms with Crippen LogP contribution in [0, 0.1) is 5.92 Å². The van der Waals surface area contributed by atoms with Crippen LogP contribution in [-0.2, 0) is 4.79 Å². The molecule has 0 saturated heterocycles. The SMILES string of the molecule is C[C@@H](CS)C(=O)Nc1ccc(Cl)cc1. The third-order valence-corrected chi connectivity index (χ3v) is 2.63. The minimum atomic E-state index is -0.0889. The second-order valence-corrected chi connectivity index (χ2v) is 3.88. The Balaban J connectivity index is 2.60. The lowest BCUT2D eigenvalue weighted by atomic mass is 10.2. The van der Waals surface area contributed by atoms with Gasteiger partial charge in [-0.15, -0.1) is 0 Å². The summed E-state index contributed by atoms with van der Waals surface area (Å²) in [7, 11) is 0. The highest BCUT2D eigenvalue weighted by Gasteiger charge is 2.10. The zero-order valence-corrected chi connectivity index (χ0v) is 9.48. The molecule has 14 heavy (non-hydrogen) atoms. The number of halogens is 1. The van der Waals surface area contributed by atoms with Gasteiger partial charge in [0.2, 0.25) is 5.91 Å². The molecule has 0 fully saturated rings. The number of carbonyl (C=O) groups excluding carboxylic acids is 1. The Morgan fingerprint density at radius 2 is 2.07 bits per heavy atom. The topological polar surface area (TPSA) is 29.1 Å². The van der Waals surface area contributed by atoms with Crippen molar-refractivity contribution >= 4 is 35.8 Å². The largest absolute Gasteiger partial charge is 0.326 e. The van der Waals surface area contributed by atoms with Crippen LogP contribution in [0.2, 0.25) is 5.02 Å². The number of anilines is 1. The number of benzene rings is 1. The van der Waals surface area contributed by atoms with Crippen LogP contribution in [0.25, 0.3) is 0 Å². The summed E-state index contributed by atoms with van der Waals surface area (Å²) in [6.07, 6.45) is 0. The van der Waals surface area contributed by atoms with Gasteiger partial charge in [0, 0.05) is 22.4 Å². The van der Waals surface area contributed by atoms with Crippen LogP contribution in [-0.4, -0.2) is 11.7 Å². The first-order valence-corrected chi connectivity index (χ1v) is 5.32. The monoisotopic (exact) mass is 229 g/mol. The number of amides is 1. The predicted octanol–water partition coefficient (Wildman–Crippen LogP) is 2.84. The summed E-state index contributed by atoms with van der Waals surface area (Å²) in [5.41, 5.74) is 0.757. The summed E-state index contributed by atoms with van der Waals surface area (Å²) in [4.78, 5) is 11.4. The molecular formula is C10H12ClNOS. The second-order valence-electron chi connectivity index (χ2n) is 3.08. The van der Waals surface area contributed by atoms with Gasteiger partial charge >= 0.3 is 0 Å². The summed E-state index contributed by atoms with van der Waals surface area (Å²) in [5, 5.41) is 3.43. The maximum absolute atomic E-state index is 11.4. The molecule has 76 valence electrons. The third kappa shape index (κ3) is 3.24. The van der Waals surface area contributed by atoms with Gasteiger partial charge in [-0.05, 0) is 24.3 Å². The Kier molecular flexibility index (Phi) is 4.29. The van der Waals surface area contributed by atoms with Crippen molar-refractivity contribution in [3.8, 4) is 0 Å². The van der Waals surface area contributed by atoms with Crippen molar-refractivity contribution in [3.05, 3.63) is 29.3 Å². The molecule has 0 radical (unpaired) electrons. The fourth-order valence-electron chi connectivity index (χ4n) is 0.882. The van der Waals surface area contributed by atoms with Crippen LogP contribution in [0.15, 0.2) is 24.3 Å². The first kappa shape index (κ1) is 11.4. The molecule has 0 bridgehead atoms. The molecule has 1 aromatic rings. The van der Waals surface area contributed by atoms with E-state index in [2.05, 4.69) is 17.9 Å². The van der Waals surface area contributed by atoms with E-state index in [-0.39, 0.29) is 11.8 Å². The minimum Gasteiger partial charge on any atom is -0.326 e. The number of carbonyl (C=O) groups is 1. The zero-order valence-electron chi connectivity index (χ0n) is 7.83. The molecule has 0 spiro atoms. The Labute approximate surface area is 94.1 Å². The van der Waals surface area contributed by atoms with E-state index in [0.717, 1.165) is 5.69 Å². The average molecular weight is 230 g/mol. The van der Waals surface area contributed by atoms with Crippen molar-refractivity contribution in [1.82, 2.24) is 0 Å². The molecule has 4 heteroatoms. The van der Waals surface area contributed by atoms with Crippen molar-refractivity contribution in [2.24, 2.45) is 5.92 Å². The fraction of sp³-hybridized carbons (Fsp3) is 0.300. The maximum atomic E-state index is 11.4.